The Bertz CT molecular complexity index is 969. The number of amides is 1. The van der Waals surface area contributed by atoms with E-state index in [1.54, 1.807) is 36.4 Å². The van der Waals surface area contributed by atoms with E-state index in [1.165, 1.54) is 26.2 Å². The van der Waals surface area contributed by atoms with Crippen molar-refractivity contribution >= 4 is 39.0 Å². The highest BCUT2D eigenvalue weighted by atomic mass is 32.1. The molecule has 0 aliphatic carbocycles. The van der Waals surface area contributed by atoms with E-state index in [0.717, 1.165) is 11.3 Å². The number of hydrogen-bond acceptors (Lipinski definition) is 5. The Labute approximate surface area is 153 Å². The van der Waals surface area contributed by atoms with Crippen molar-refractivity contribution in [3.63, 3.8) is 0 Å². The SMILES string of the molecule is COc1ccccc1NC(=O)[C@@H](C)OC(=O)c1cc2c(F)cccc2s1. The molecule has 0 saturated heterocycles. The Kier molecular flexibility index (Phi) is 5.18. The second kappa shape index (κ2) is 7.53. The van der Waals surface area contributed by atoms with E-state index in [4.69, 9.17) is 9.47 Å². The summed E-state index contributed by atoms with van der Waals surface area (Å²) in [6, 6.07) is 13.0. The maximum Gasteiger partial charge on any atom is 0.349 e. The first-order valence-corrected chi connectivity index (χ1v) is 8.64. The van der Waals surface area contributed by atoms with Crippen LogP contribution in [0, 0.1) is 5.82 Å². The van der Waals surface area contributed by atoms with Crippen LogP contribution in [0.3, 0.4) is 0 Å². The highest BCUT2D eigenvalue weighted by Gasteiger charge is 2.21. The normalized spacial score (nSPS) is 11.8. The van der Waals surface area contributed by atoms with Gasteiger partial charge in [-0.05, 0) is 37.3 Å². The minimum absolute atomic E-state index is 0.238. The number of ether oxygens (including phenoxy) is 2. The van der Waals surface area contributed by atoms with E-state index in [1.807, 2.05) is 0 Å². The van der Waals surface area contributed by atoms with Gasteiger partial charge >= 0.3 is 5.97 Å². The molecule has 0 unspecified atom stereocenters. The summed E-state index contributed by atoms with van der Waals surface area (Å²) in [5, 5.41) is 3.01. The summed E-state index contributed by atoms with van der Waals surface area (Å²) in [6.45, 7) is 1.47. The predicted molar refractivity (Wildman–Crippen MR) is 98.3 cm³/mol. The molecule has 0 bridgehead atoms. The van der Waals surface area contributed by atoms with Gasteiger partial charge in [0.05, 0.1) is 12.8 Å². The molecule has 0 aliphatic heterocycles. The van der Waals surface area contributed by atoms with E-state index in [2.05, 4.69) is 5.32 Å². The number of esters is 1. The first-order chi connectivity index (χ1) is 12.5. The van der Waals surface area contributed by atoms with Gasteiger partial charge < -0.3 is 14.8 Å². The van der Waals surface area contributed by atoms with Crippen LogP contribution in [0.5, 0.6) is 5.75 Å². The number of carbonyl (C=O) groups excluding carboxylic acids is 2. The Balaban J connectivity index is 1.69. The highest BCUT2D eigenvalue weighted by molar-refractivity contribution is 7.20. The quantitative estimate of drug-likeness (QED) is 0.680. The zero-order chi connectivity index (χ0) is 18.7. The summed E-state index contributed by atoms with van der Waals surface area (Å²) in [5.41, 5.74) is 0.479. The summed E-state index contributed by atoms with van der Waals surface area (Å²) in [6.07, 6.45) is -1.03. The second-order valence-electron chi connectivity index (χ2n) is 5.50. The molecule has 5 nitrogen and oxygen atoms in total. The van der Waals surface area contributed by atoms with Crippen LogP contribution >= 0.6 is 11.3 Å². The summed E-state index contributed by atoms with van der Waals surface area (Å²) in [5.74, 6) is -1.07. The number of anilines is 1. The van der Waals surface area contributed by atoms with Gasteiger partial charge in [-0.3, -0.25) is 4.79 Å². The fraction of sp³-hybridized carbons (Fsp3) is 0.158. The van der Waals surface area contributed by atoms with E-state index in [0.29, 0.717) is 21.5 Å². The number of hydrogen-bond donors (Lipinski definition) is 1. The maximum atomic E-state index is 13.7. The molecular weight excluding hydrogens is 357 g/mol. The lowest BCUT2D eigenvalue weighted by Crippen LogP contribution is -2.29. The lowest BCUT2D eigenvalue weighted by atomic mass is 10.2. The topological polar surface area (TPSA) is 64.6 Å². The third kappa shape index (κ3) is 3.67. The van der Waals surface area contributed by atoms with Gasteiger partial charge in [0.1, 0.15) is 16.4 Å². The number of methoxy groups -OCH3 is 1. The molecule has 0 radical (unpaired) electrons. The number of benzene rings is 2. The van der Waals surface area contributed by atoms with Gasteiger partial charge in [0, 0.05) is 10.1 Å². The molecule has 7 heteroatoms. The van der Waals surface area contributed by atoms with Gasteiger partial charge in [0.2, 0.25) is 0 Å². The van der Waals surface area contributed by atoms with Crippen LogP contribution in [-0.4, -0.2) is 25.1 Å². The number of thiophene rings is 1. The molecule has 26 heavy (non-hydrogen) atoms. The predicted octanol–water partition coefficient (Wildman–Crippen LogP) is 4.23. The standard InChI is InChI=1S/C19H16FNO4S/c1-11(18(22)21-14-7-3-4-8-15(14)24-2)25-19(23)17-10-12-13(20)6-5-9-16(12)26-17/h3-11H,1-2H3,(H,21,22)/t11-/m1/s1. The van der Waals surface area contributed by atoms with Crippen molar-refractivity contribution in [3.8, 4) is 5.75 Å². The van der Waals surface area contributed by atoms with Crippen molar-refractivity contribution in [2.45, 2.75) is 13.0 Å². The van der Waals surface area contributed by atoms with E-state index in [-0.39, 0.29) is 4.88 Å². The van der Waals surface area contributed by atoms with E-state index >= 15 is 0 Å². The van der Waals surface area contributed by atoms with Crippen LogP contribution in [0.25, 0.3) is 10.1 Å². The Morgan fingerprint density at radius 2 is 1.92 bits per heavy atom. The molecule has 3 rings (SSSR count). The van der Waals surface area contributed by atoms with Crippen LogP contribution in [0.1, 0.15) is 16.6 Å². The van der Waals surface area contributed by atoms with Crippen molar-refractivity contribution in [2.24, 2.45) is 0 Å². The van der Waals surface area contributed by atoms with Crippen molar-refractivity contribution in [2.75, 3.05) is 12.4 Å². The fourth-order valence-corrected chi connectivity index (χ4v) is 3.34. The van der Waals surface area contributed by atoms with Crippen LogP contribution < -0.4 is 10.1 Å². The molecule has 1 aromatic heterocycles. The number of carbonyl (C=O) groups is 2. The third-order valence-electron chi connectivity index (χ3n) is 3.73. The summed E-state index contributed by atoms with van der Waals surface area (Å²) < 4.78 is 24.8. The molecule has 0 aliphatic rings. The summed E-state index contributed by atoms with van der Waals surface area (Å²) >= 11 is 1.12. The van der Waals surface area contributed by atoms with E-state index in [9.17, 15) is 14.0 Å². The van der Waals surface area contributed by atoms with Gasteiger partial charge in [-0.25, -0.2) is 9.18 Å². The van der Waals surface area contributed by atoms with Gasteiger partial charge in [-0.1, -0.05) is 18.2 Å². The number of para-hydroxylation sites is 2. The van der Waals surface area contributed by atoms with Crippen molar-refractivity contribution < 1.29 is 23.5 Å². The first kappa shape index (κ1) is 17.9. The molecule has 134 valence electrons. The van der Waals surface area contributed by atoms with Crippen LogP contribution in [0.15, 0.2) is 48.5 Å². The smallest absolute Gasteiger partial charge is 0.349 e. The van der Waals surface area contributed by atoms with Crippen molar-refractivity contribution in [1.82, 2.24) is 0 Å². The molecule has 2 aromatic carbocycles. The van der Waals surface area contributed by atoms with Crippen LogP contribution in [0.4, 0.5) is 10.1 Å². The lowest BCUT2D eigenvalue weighted by molar-refractivity contribution is -0.123. The zero-order valence-corrected chi connectivity index (χ0v) is 14.9. The number of fused-ring (bicyclic) bond motifs is 1. The second-order valence-corrected chi connectivity index (χ2v) is 6.58. The molecule has 1 atom stereocenters. The highest BCUT2D eigenvalue weighted by Crippen LogP contribution is 2.28. The largest absolute Gasteiger partial charge is 0.495 e. The summed E-state index contributed by atoms with van der Waals surface area (Å²) in [7, 11) is 1.50. The number of halogens is 1. The molecular formula is C19H16FNO4S. The molecule has 1 heterocycles. The number of rotatable bonds is 5. The molecule has 3 aromatic rings. The zero-order valence-electron chi connectivity index (χ0n) is 14.1. The van der Waals surface area contributed by atoms with E-state index < -0.39 is 23.8 Å². The minimum atomic E-state index is -1.03. The van der Waals surface area contributed by atoms with Crippen LogP contribution in [-0.2, 0) is 9.53 Å². The monoisotopic (exact) mass is 373 g/mol. The minimum Gasteiger partial charge on any atom is -0.495 e. The molecule has 1 N–H and O–H groups in total. The lowest BCUT2D eigenvalue weighted by Gasteiger charge is -2.14. The van der Waals surface area contributed by atoms with Gasteiger partial charge in [-0.2, -0.15) is 0 Å². The van der Waals surface area contributed by atoms with Gasteiger partial charge in [0.25, 0.3) is 5.91 Å². The summed E-state index contributed by atoms with van der Waals surface area (Å²) in [4.78, 5) is 24.8. The van der Waals surface area contributed by atoms with Gasteiger partial charge in [0.15, 0.2) is 6.10 Å². The molecule has 0 spiro atoms. The Hall–Kier alpha value is -2.93. The fourth-order valence-electron chi connectivity index (χ4n) is 2.38. The number of nitrogens with one attached hydrogen (secondary N) is 1. The van der Waals surface area contributed by atoms with Crippen molar-refractivity contribution in [1.29, 1.82) is 0 Å². The molecule has 0 saturated carbocycles. The van der Waals surface area contributed by atoms with Crippen molar-refractivity contribution in [3.05, 3.63) is 59.2 Å². The molecule has 0 fully saturated rings. The van der Waals surface area contributed by atoms with Crippen LogP contribution in [0.2, 0.25) is 0 Å². The molecule has 1 amide bonds. The maximum absolute atomic E-state index is 13.7. The van der Waals surface area contributed by atoms with Gasteiger partial charge in [-0.15, -0.1) is 11.3 Å². The Morgan fingerprint density at radius 3 is 2.65 bits per heavy atom. The third-order valence-corrected chi connectivity index (χ3v) is 4.81. The average Bonchev–Trinajstić information content (AvgIpc) is 3.08. The average molecular weight is 373 g/mol. The Morgan fingerprint density at radius 1 is 1.15 bits per heavy atom. The first-order valence-electron chi connectivity index (χ1n) is 7.82.